The van der Waals surface area contributed by atoms with Crippen molar-refractivity contribution in [3.8, 4) is 0 Å². The van der Waals surface area contributed by atoms with Crippen molar-refractivity contribution in [2.75, 3.05) is 44.6 Å². The second-order valence-corrected chi connectivity index (χ2v) is 8.20. The molecule has 2 aromatic rings. The number of carbonyl (C=O) groups excluding carboxylic acids is 2. The number of hydrogen-bond donors (Lipinski definition) is 1. The van der Waals surface area contributed by atoms with E-state index in [9.17, 15) is 9.59 Å². The van der Waals surface area contributed by atoms with E-state index in [2.05, 4.69) is 32.1 Å². The minimum atomic E-state index is 0.00787. The Kier molecular flexibility index (Phi) is 6.77. The molecule has 0 atom stereocenters. The zero-order valence-corrected chi connectivity index (χ0v) is 17.4. The lowest BCUT2D eigenvalue weighted by molar-refractivity contribution is -0.134. The molecule has 1 N–H and O–H groups in total. The van der Waals surface area contributed by atoms with Crippen LogP contribution in [0.1, 0.15) is 18.4 Å². The summed E-state index contributed by atoms with van der Waals surface area (Å²) in [6.07, 6.45) is 2.23. The molecule has 2 fully saturated rings. The number of para-hydroxylation sites is 1. The second kappa shape index (κ2) is 9.87. The minimum Gasteiger partial charge on any atom is -0.334 e. The number of benzene rings is 2. The highest BCUT2D eigenvalue weighted by atomic mass is 16.2. The van der Waals surface area contributed by atoms with Crippen LogP contribution in [0.15, 0.2) is 60.7 Å². The van der Waals surface area contributed by atoms with E-state index in [-0.39, 0.29) is 11.8 Å². The molecule has 0 unspecified atom stereocenters. The highest BCUT2D eigenvalue weighted by Crippen LogP contribution is 2.28. The van der Waals surface area contributed by atoms with Gasteiger partial charge in [-0.3, -0.25) is 19.4 Å². The molecular weight excluding hydrogens is 376 g/mol. The van der Waals surface area contributed by atoms with E-state index in [0.717, 1.165) is 44.7 Å². The van der Waals surface area contributed by atoms with Crippen molar-refractivity contribution in [2.24, 2.45) is 0 Å². The third kappa shape index (κ3) is 5.90. The Balaban J connectivity index is 1.22. The van der Waals surface area contributed by atoms with Gasteiger partial charge in [0.2, 0.25) is 11.8 Å². The number of nitrogens with zero attached hydrogens (tertiary/aromatic N) is 3. The zero-order valence-electron chi connectivity index (χ0n) is 17.4. The quantitative estimate of drug-likeness (QED) is 0.732. The van der Waals surface area contributed by atoms with Crippen LogP contribution in [0.4, 0.5) is 5.69 Å². The van der Waals surface area contributed by atoms with Gasteiger partial charge in [-0.05, 0) is 30.5 Å². The predicted molar refractivity (Wildman–Crippen MR) is 118 cm³/mol. The van der Waals surface area contributed by atoms with Gasteiger partial charge in [0.15, 0.2) is 0 Å². The van der Waals surface area contributed by atoms with Gasteiger partial charge in [0.05, 0.1) is 13.1 Å². The van der Waals surface area contributed by atoms with Crippen molar-refractivity contribution in [1.29, 1.82) is 0 Å². The first kappa shape index (κ1) is 20.6. The zero-order chi connectivity index (χ0) is 20.8. The summed E-state index contributed by atoms with van der Waals surface area (Å²) in [6.45, 7) is 4.79. The molecule has 1 heterocycles. The molecule has 0 radical (unpaired) electrons. The molecular formula is C24H30N4O2. The molecule has 2 amide bonds. The average Bonchev–Trinajstić information content (AvgIpc) is 3.60. The summed E-state index contributed by atoms with van der Waals surface area (Å²) < 4.78 is 0. The minimum absolute atomic E-state index is 0.00787. The molecule has 2 aromatic carbocycles. The van der Waals surface area contributed by atoms with E-state index in [0.29, 0.717) is 25.7 Å². The SMILES string of the molecule is O=C(CN1CCN(CC(=O)N(Cc2ccccc2)C2CC2)CC1)Nc1ccccc1. The smallest absolute Gasteiger partial charge is 0.238 e. The van der Waals surface area contributed by atoms with E-state index in [1.165, 1.54) is 5.56 Å². The van der Waals surface area contributed by atoms with Gasteiger partial charge in [0, 0.05) is 44.5 Å². The molecule has 158 valence electrons. The van der Waals surface area contributed by atoms with Gasteiger partial charge in [-0.15, -0.1) is 0 Å². The number of nitrogens with one attached hydrogen (secondary N) is 1. The van der Waals surface area contributed by atoms with E-state index in [1.54, 1.807) is 0 Å². The summed E-state index contributed by atoms with van der Waals surface area (Å²) in [6, 6.07) is 20.2. The molecule has 2 aliphatic rings. The largest absolute Gasteiger partial charge is 0.334 e. The topological polar surface area (TPSA) is 55.9 Å². The van der Waals surface area contributed by atoms with Crippen LogP contribution in [0.5, 0.6) is 0 Å². The van der Waals surface area contributed by atoms with Crippen LogP contribution in [0.2, 0.25) is 0 Å². The number of rotatable bonds is 8. The Bertz CT molecular complexity index is 831. The Labute approximate surface area is 178 Å². The summed E-state index contributed by atoms with van der Waals surface area (Å²) in [7, 11) is 0. The molecule has 30 heavy (non-hydrogen) atoms. The highest BCUT2D eigenvalue weighted by Gasteiger charge is 2.33. The number of anilines is 1. The van der Waals surface area contributed by atoms with Crippen LogP contribution >= 0.6 is 0 Å². The van der Waals surface area contributed by atoms with Gasteiger partial charge >= 0.3 is 0 Å². The maximum atomic E-state index is 13.0. The Morgan fingerprint density at radius 3 is 2.00 bits per heavy atom. The molecule has 1 saturated carbocycles. The van der Waals surface area contributed by atoms with Crippen molar-refractivity contribution in [2.45, 2.75) is 25.4 Å². The number of carbonyl (C=O) groups is 2. The predicted octanol–water partition coefficient (Wildman–Crippen LogP) is 2.43. The molecule has 1 aliphatic heterocycles. The summed E-state index contributed by atoms with van der Waals surface area (Å²) in [5, 5.41) is 2.94. The number of hydrogen-bond acceptors (Lipinski definition) is 4. The molecule has 0 bridgehead atoms. The van der Waals surface area contributed by atoms with Gasteiger partial charge in [0.1, 0.15) is 0 Å². The molecule has 0 aromatic heterocycles. The van der Waals surface area contributed by atoms with Gasteiger partial charge in [-0.25, -0.2) is 0 Å². The monoisotopic (exact) mass is 406 g/mol. The first-order valence-electron chi connectivity index (χ1n) is 10.8. The third-order valence-electron chi connectivity index (χ3n) is 5.75. The summed E-state index contributed by atoms with van der Waals surface area (Å²) in [5.41, 5.74) is 2.01. The van der Waals surface area contributed by atoms with Crippen molar-refractivity contribution >= 4 is 17.5 Å². The fourth-order valence-corrected chi connectivity index (χ4v) is 3.90. The maximum Gasteiger partial charge on any atom is 0.238 e. The number of piperazine rings is 1. The average molecular weight is 407 g/mol. The van der Waals surface area contributed by atoms with Crippen LogP contribution < -0.4 is 5.32 Å². The van der Waals surface area contributed by atoms with Gasteiger partial charge in [-0.1, -0.05) is 48.5 Å². The Morgan fingerprint density at radius 2 is 1.40 bits per heavy atom. The van der Waals surface area contributed by atoms with Gasteiger partial charge in [0.25, 0.3) is 0 Å². The molecule has 6 nitrogen and oxygen atoms in total. The lowest BCUT2D eigenvalue weighted by Crippen LogP contribution is -2.51. The standard InChI is InChI=1S/C24H30N4O2/c29-23(25-21-9-5-2-6-10-21)18-26-13-15-27(16-14-26)19-24(30)28(22-11-12-22)17-20-7-3-1-4-8-20/h1-10,22H,11-19H2,(H,25,29). The van der Waals surface area contributed by atoms with Crippen molar-refractivity contribution in [3.05, 3.63) is 66.2 Å². The second-order valence-electron chi connectivity index (χ2n) is 8.20. The van der Waals surface area contributed by atoms with Crippen LogP contribution in [0, 0.1) is 0 Å². The third-order valence-corrected chi connectivity index (χ3v) is 5.75. The van der Waals surface area contributed by atoms with Crippen molar-refractivity contribution < 1.29 is 9.59 Å². The Hall–Kier alpha value is -2.70. The Morgan fingerprint density at radius 1 is 0.833 bits per heavy atom. The molecule has 4 rings (SSSR count). The fourth-order valence-electron chi connectivity index (χ4n) is 3.90. The molecule has 6 heteroatoms. The normalized spacial score (nSPS) is 17.5. The maximum absolute atomic E-state index is 13.0. The first-order chi connectivity index (χ1) is 14.7. The van der Waals surface area contributed by atoms with Gasteiger partial charge in [-0.2, -0.15) is 0 Å². The summed E-state index contributed by atoms with van der Waals surface area (Å²) in [4.78, 5) is 31.6. The molecule has 1 saturated heterocycles. The summed E-state index contributed by atoms with van der Waals surface area (Å²) in [5.74, 6) is 0.227. The van der Waals surface area contributed by atoms with E-state index in [1.807, 2.05) is 48.5 Å². The van der Waals surface area contributed by atoms with Crippen molar-refractivity contribution in [1.82, 2.24) is 14.7 Å². The van der Waals surface area contributed by atoms with Crippen LogP contribution in [0.25, 0.3) is 0 Å². The lowest BCUT2D eigenvalue weighted by Gasteiger charge is -2.35. The van der Waals surface area contributed by atoms with Gasteiger partial charge < -0.3 is 10.2 Å². The highest BCUT2D eigenvalue weighted by molar-refractivity contribution is 5.92. The molecule has 0 spiro atoms. The lowest BCUT2D eigenvalue weighted by atomic mass is 10.2. The van der Waals surface area contributed by atoms with E-state index < -0.39 is 0 Å². The van der Waals surface area contributed by atoms with Crippen molar-refractivity contribution in [3.63, 3.8) is 0 Å². The molecule has 1 aliphatic carbocycles. The summed E-state index contributed by atoms with van der Waals surface area (Å²) >= 11 is 0. The van der Waals surface area contributed by atoms with E-state index >= 15 is 0 Å². The fraction of sp³-hybridized carbons (Fsp3) is 0.417. The number of amides is 2. The first-order valence-corrected chi connectivity index (χ1v) is 10.8. The van der Waals surface area contributed by atoms with Crippen LogP contribution in [-0.4, -0.2) is 71.8 Å². The van der Waals surface area contributed by atoms with Crippen LogP contribution in [-0.2, 0) is 16.1 Å². The van der Waals surface area contributed by atoms with Crippen LogP contribution in [0.3, 0.4) is 0 Å². The van der Waals surface area contributed by atoms with E-state index in [4.69, 9.17) is 0 Å².